The van der Waals surface area contributed by atoms with Crippen molar-refractivity contribution in [2.45, 2.75) is 39.7 Å². The van der Waals surface area contributed by atoms with Crippen molar-refractivity contribution in [3.63, 3.8) is 0 Å². The van der Waals surface area contributed by atoms with Crippen LogP contribution in [0.15, 0.2) is 12.3 Å². The monoisotopic (exact) mass is 275 g/mol. The molecule has 1 atom stereocenters. The van der Waals surface area contributed by atoms with Crippen LogP contribution in [0, 0.1) is 6.92 Å². The highest BCUT2D eigenvalue weighted by atomic mass is 16.2. The summed E-state index contributed by atoms with van der Waals surface area (Å²) < 4.78 is 1.80. The van der Waals surface area contributed by atoms with Crippen LogP contribution in [0.25, 0.3) is 0 Å². The van der Waals surface area contributed by atoms with Gasteiger partial charge in [0.1, 0.15) is 5.69 Å². The predicted octanol–water partition coefficient (Wildman–Crippen LogP) is 1.90. The van der Waals surface area contributed by atoms with E-state index in [1.807, 2.05) is 27.0 Å². The molecule has 0 bridgehead atoms. The van der Waals surface area contributed by atoms with Crippen LogP contribution in [0.1, 0.15) is 53.7 Å². The van der Waals surface area contributed by atoms with Crippen molar-refractivity contribution in [2.24, 2.45) is 7.05 Å². The van der Waals surface area contributed by atoms with Gasteiger partial charge in [0.15, 0.2) is 0 Å². The summed E-state index contributed by atoms with van der Waals surface area (Å²) >= 11 is 0. The molecule has 0 aromatic carbocycles. The largest absolute Gasteiger partial charge is 0.344 e. The lowest BCUT2D eigenvalue weighted by Crippen LogP contribution is -2.27. The Morgan fingerprint density at radius 1 is 1.55 bits per heavy atom. The molecule has 2 N–H and O–H groups in total. The number of nitrogens with one attached hydrogen (secondary N) is 2. The number of carbonyl (C=O) groups excluding carboxylic acids is 1. The zero-order chi connectivity index (χ0) is 14.7. The minimum atomic E-state index is -0.167. The van der Waals surface area contributed by atoms with Crippen LogP contribution in [0.3, 0.4) is 0 Å². The molecule has 1 unspecified atom stereocenters. The molecule has 2 rings (SSSR count). The van der Waals surface area contributed by atoms with E-state index in [9.17, 15) is 4.79 Å². The molecule has 0 aliphatic rings. The SMILES string of the molecule is CCCc1cc(C(=O)NC(C)c2cnn(C)c2C)n[nH]1. The fourth-order valence-electron chi connectivity index (χ4n) is 2.16. The van der Waals surface area contributed by atoms with Gasteiger partial charge >= 0.3 is 0 Å². The lowest BCUT2D eigenvalue weighted by molar-refractivity contribution is 0.0934. The number of hydrogen-bond acceptors (Lipinski definition) is 3. The molecular weight excluding hydrogens is 254 g/mol. The molecule has 2 heterocycles. The maximum absolute atomic E-state index is 12.1. The zero-order valence-electron chi connectivity index (χ0n) is 12.4. The van der Waals surface area contributed by atoms with E-state index >= 15 is 0 Å². The van der Waals surface area contributed by atoms with Gasteiger partial charge in [0, 0.05) is 24.0 Å². The van der Waals surface area contributed by atoms with Crippen molar-refractivity contribution >= 4 is 5.91 Å². The highest BCUT2D eigenvalue weighted by molar-refractivity contribution is 5.92. The van der Waals surface area contributed by atoms with Gasteiger partial charge in [-0.1, -0.05) is 13.3 Å². The number of H-pyrrole nitrogens is 1. The molecule has 1 amide bonds. The zero-order valence-corrected chi connectivity index (χ0v) is 12.4. The lowest BCUT2D eigenvalue weighted by Gasteiger charge is -2.12. The quantitative estimate of drug-likeness (QED) is 0.875. The molecule has 0 fully saturated rings. The third kappa shape index (κ3) is 2.89. The van der Waals surface area contributed by atoms with Crippen LogP contribution < -0.4 is 5.32 Å². The number of rotatable bonds is 5. The smallest absolute Gasteiger partial charge is 0.272 e. The van der Waals surface area contributed by atoms with E-state index < -0.39 is 0 Å². The highest BCUT2D eigenvalue weighted by Gasteiger charge is 2.17. The van der Waals surface area contributed by atoms with Crippen molar-refractivity contribution in [1.82, 2.24) is 25.3 Å². The van der Waals surface area contributed by atoms with E-state index in [1.54, 1.807) is 10.9 Å². The average molecular weight is 275 g/mol. The molecule has 0 aliphatic heterocycles. The third-order valence-corrected chi connectivity index (χ3v) is 3.47. The second-order valence-corrected chi connectivity index (χ2v) is 5.03. The Hall–Kier alpha value is -2.11. The lowest BCUT2D eigenvalue weighted by atomic mass is 10.1. The van der Waals surface area contributed by atoms with Crippen LogP contribution in [0.2, 0.25) is 0 Å². The molecular formula is C14H21N5O. The minimum Gasteiger partial charge on any atom is -0.344 e. The molecule has 0 aliphatic carbocycles. The van der Waals surface area contributed by atoms with Gasteiger partial charge in [-0.05, 0) is 26.3 Å². The van der Waals surface area contributed by atoms with Crippen LogP contribution in [0.5, 0.6) is 0 Å². The summed E-state index contributed by atoms with van der Waals surface area (Å²) in [5.41, 5.74) is 3.49. The first-order chi connectivity index (χ1) is 9.52. The molecule has 0 spiro atoms. The number of amides is 1. The summed E-state index contributed by atoms with van der Waals surface area (Å²) in [6, 6.07) is 1.71. The number of aromatic nitrogens is 4. The molecule has 6 heteroatoms. The summed E-state index contributed by atoms with van der Waals surface area (Å²) in [5.74, 6) is -0.167. The van der Waals surface area contributed by atoms with Gasteiger partial charge in [0.2, 0.25) is 0 Å². The molecule has 6 nitrogen and oxygen atoms in total. The maximum Gasteiger partial charge on any atom is 0.272 e. The molecule has 0 saturated heterocycles. The second-order valence-electron chi connectivity index (χ2n) is 5.03. The van der Waals surface area contributed by atoms with E-state index in [0.29, 0.717) is 5.69 Å². The van der Waals surface area contributed by atoms with Gasteiger partial charge in [0.05, 0.1) is 12.2 Å². The van der Waals surface area contributed by atoms with E-state index in [-0.39, 0.29) is 11.9 Å². The van der Waals surface area contributed by atoms with Gasteiger partial charge in [-0.25, -0.2) is 0 Å². The Bertz CT molecular complexity index is 598. The fourth-order valence-corrected chi connectivity index (χ4v) is 2.16. The Kier molecular flexibility index (Phi) is 4.22. The second kappa shape index (κ2) is 5.90. The topological polar surface area (TPSA) is 75.6 Å². The Morgan fingerprint density at radius 2 is 2.30 bits per heavy atom. The average Bonchev–Trinajstić information content (AvgIpc) is 2.99. The van der Waals surface area contributed by atoms with Gasteiger partial charge in [-0.15, -0.1) is 0 Å². The summed E-state index contributed by atoms with van der Waals surface area (Å²) in [6.07, 6.45) is 3.71. The Morgan fingerprint density at radius 3 is 2.90 bits per heavy atom. The van der Waals surface area contributed by atoms with Crippen molar-refractivity contribution < 1.29 is 4.79 Å². The first-order valence-electron chi connectivity index (χ1n) is 6.86. The first-order valence-corrected chi connectivity index (χ1v) is 6.86. The van der Waals surface area contributed by atoms with E-state index in [4.69, 9.17) is 0 Å². The van der Waals surface area contributed by atoms with Crippen LogP contribution >= 0.6 is 0 Å². The van der Waals surface area contributed by atoms with Gasteiger partial charge in [-0.3, -0.25) is 14.6 Å². The third-order valence-electron chi connectivity index (χ3n) is 3.47. The molecule has 20 heavy (non-hydrogen) atoms. The summed E-state index contributed by atoms with van der Waals surface area (Å²) in [5, 5.41) is 14.1. The van der Waals surface area contributed by atoms with Crippen LogP contribution in [-0.2, 0) is 13.5 Å². The summed E-state index contributed by atoms with van der Waals surface area (Å²) in [4.78, 5) is 12.1. The minimum absolute atomic E-state index is 0.0949. The van der Waals surface area contributed by atoms with Crippen LogP contribution in [0.4, 0.5) is 0 Å². The fraction of sp³-hybridized carbons (Fsp3) is 0.500. The number of aryl methyl sites for hydroxylation is 2. The molecule has 0 radical (unpaired) electrons. The number of nitrogens with zero attached hydrogens (tertiary/aromatic N) is 3. The number of aromatic amines is 1. The molecule has 0 saturated carbocycles. The summed E-state index contributed by atoms with van der Waals surface area (Å²) in [7, 11) is 1.89. The van der Waals surface area contributed by atoms with Crippen molar-refractivity contribution in [1.29, 1.82) is 0 Å². The van der Waals surface area contributed by atoms with E-state index in [0.717, 1.165) is 29.8 Å². The molecule has 108 valence electrons. The van der Waals surface area contributed by atoms with Crippen molar-refractivity contribution in [3.05, 3.63) is 34.9 Å². The van der Waals surface area contributed by atoms with Crippen molar-refractivity contribution in [2.75, 3.05) is 0 Å². The molecule has 2 aromatic heterocycles. The molecule has 2 aromatic rings. The van der Waals surface area contributed by atoms with Gasteiger partial charge < -0.3 is 5.32 Å². The predicted molar refractivity (Wildman–Crippen MR) is 76.4 cm³/mol. The highest BCUT2D eigenvalue weighted by Crippen LogP contribution is 2.16. The number of carbonyl (C=O) groups is 1. The van der Waals surface area contributed by atoms with Gasteiger partial charge in [0.25, 0.3) is 5.91 Å². The van der Waals surface area contributed by atoms with E-state index in [2.05, 4.69) is 27.5 Å². The number of hydrogen-bond donors (Lipinski definition) is 2. The standard InChI is InChI=1S/C14H21N5O/c1-5-6-11-7-13(18-17-11)14(20)16-9(2)12-8-15-19(4)10(12)3/h7-9H,5-6H2,1-4H3,(H,16,20)(H,17,18). The maximum atomic E-state index is 12.1. The van der Waals surface area contributed by atoms with Crippen LogP contribution in [-0.4, -0.2) is 25.9 Å². The van der Waals surface area contributed by atoms with Gasteiger partial charge in [-0.2, -0.15) is 10.2 Å². The Labute approximate surface area is 118 Å². The Balaban J connectivity index is 2.05. The normalized spacial score (nSPS) is 12.4. The summed E-state index contributed by atoms with van der Waals surface area (Å²) in [6.45, 7) is 6.02. The van der Waals surface area contributed by atoms with E-state index in [1.165, 1.54) is 0 Å². The first kappa shape index (κ1) is 14.3. The van der Waals surface area contributed by atoms with Crippen molar-refractivity contribution in [3.8, 4) is 0 Å².